The van der Waals surface area contributed by atoms with E-state index in [0.717, 1.165) is 104 Å². The first-order chi connectivity index (χ1) is 63.6. The smallest absolute Gasteiger partial charge is 0.269 e. The summed E-state index contributed by atoms with van der Waals surface area (Å²) in [4.78, 5) is 90.2. The molecule has 664 valence electrons. The van der Waals surface area contributed by atoms with Crippen LogP contribution in [0.3, 0.4) is 0 Å². The number of benzene rings is 7. The molecule has 32 heteroatoms. The van der Waals surface area contributed by atoms with Crippen LogP contribution >= 0.6 is 61.1 Å². The molecule has 10 aromatic heterocycles. The first-order valence-electron chi connectivity index (χ1n) is 42.2. The number of aromatic amines is 3. The van der Waals surface area contributed by atoms with Gasteiger partial charge in [0.1, 0.15) is 22.8 Å². The summed E-state index contributed by atoms with van der Waals surface area (Å²) >= 11 is 7.76. The average molecular weight is 2080 g/mol. The summed E-state index contributed by atoms with van der Waals surface area (Å²) in [5, 5.41) is 4.50. The van der Waals surface area contributed by atoms with Crippen molar-refractivity contribution < 1.29 is 59.4 Å². The Balaban J connectivity index is 0.000000120. The molecular formula is C99H86BrFI2N14O12S2. The number of carbonyl (C=O) groups excluding carboxylic acids is 4. The van der Waals surface area contributed by atoms with Gasteiger partial charge in [-0.15, -0.1) is 0 Å². The van der Waals surface area contributed by atoms with Crippen molar-refractivity contribution >= 4 is 160 Å². The fourth-order valence-electron chi connectivity index (χ4n) is 15.6. The van der Waals surface area contributed by atoms with Crippen LogP contribution in [0.4, 0.5) is 4.39 Å². The lowest BCUT2D eigenvalue weighted by atomic mass is 10.0. The summed E-state index contributed by atoms with van der Waals surface area (Å²) in [5.74, 6) is -0.459. The average Bonchev–Trinajstić information content (AvgIpc) is 1.59. The fourth-order valence-corrected chi connectivity index (χ4v) is 20.0. The van der Waals surface area contributed by atoms with Crippen molar-refractivity contribution in [1.29, 1.82) is 0 Å². The number of nitrogens with zero attached hydrogens (tertiary/aromatic N) is 11. The number of nitrogens with one attached hydrogen (secondary N) is 3. The van der Waals surface area contributed by atoms with Crippen LogP contribution in [-0.2, 0) is 39.0 Å². The van der Waals surface area contributed by atoms with Gasteiger partial charge in [0.05, 0.1) is 62.6 Å². The van der Waals surface area contributed by atoms with Crippen LogP contribution in [-0.4, -0.2) is 213 Å². The third-order valence-electron chi connectivity index (χ3n) is 22.7. The van der Waals surface area contributed by atoms with Gasteiger partial charge in [-0.25, -0.2) is 54.1 Å². The summed E-state index contributed by atoms with van der Waals surface area (Å²) in [7, 11) is -7.80. The largest absolute Gasteiger partial charge is 0.378 e. The molecule has 0 aliphatic carbocycles. The van der Waals surface area contributed by atoms with Crippen molar-refractivity contribution in [3.05, 3.63) is 325 Å². The quantitative estimate of drug-likeness (QED) is 0.0903. The van der Waals surface area contributed by atoms with Crippen LogP contribution in [0.5, 0.6) is 0 Å². The molecule has 7 aromatic carbocycles. The molecule has 4 fully saturated rings. The molecule has 0 spiro atoms. The van der Waals surface area contributed by atoms with Crippen LogP contribution in [0.1, 0.15) is 52.6 Å². The summed E-state index contributed by atoms with van der Waals surface area (Å²) in [6, 6.07) is 63.6. The number of fused-ring (bicyclic) bond motifs is 5. The number of halogens is 4. The van der Waals surface area contributed by atoms with Gasteiger partial charge in [0.15, 0.2) is 11.3 Å². The second-order valence-corrected chi connectivity index (χ2v) is 38.2. The van der Waals surface area contributed by atoms with Gasteiger partial charge in [0, 0.05) is 209 Å². The molecule has 4 aliphatic rings. The topological polar surface area (TPSA) is 308 Å². The van der Waals surface area contributed by atoms with Crippen LogP contribution in [0, 0.1) is 26.8 Å². The molecule has 3 N–H and O–H groups in total. The summed E-state index contributed by atoms with van der Waals surface area (Å²) in [6.07, 6.45) is 17.4. The summed E-state index contributed by atoms with van der Waals surface area (Å²) in [5.41, 5.74) is 15.5. The van der Waals surface area contributed by atoms with E-state index in [4.69, 9.17) is 18.9 Å². The number of ether oxygens (including phenoxy) is 4. The molecule has 4 amide bonds. The highest BCUT2D eigenvalue weighted by Gasteiger charge is 2.29. The Labute approximate surface area is 789 Å². The first kappa shape index (κ1) is 90.4. The van der Waals surface area contributed by atoms with Gasteiger partial charge in [-0.1, -0.05) is 102 Å². The number of hydrogen-bond donors (Lipinski definition) is 3. The fraction of sp³-hybridized carbons (Fsp3) is 0.182. The lowest BCUT2D eigenvalue weighted by Gasteiger charge is -2.27. The second-order valence-electron chi connectivity index (χ2n) is 31.3. The zero-order valence-electron chi connectivity index (χ0n) is 70.9. The maximum Gasteiger partial charge on any atom is 0.269 e. The van der Waals surface area contributed by atoms with Gasteiger partial charge in [-0.05, 0) is 219 Å². The molecule has 4 saturated heterocycles. The molecule has 0 radical (unpaired) electrons. The van der Waals surface area contributed by atoms with Crippen LogP contribution in [0.2, 0.25) is 0 Å². The monoisotopic (exact) mass is 2080 g/mol. The minimum Gasteiger partial charge on any atom is -0.378 e. The minimum absolute atomic E-state index is 0.0240. The Bertz CT molecular complexity index is 7350. The molecule has 21 rings (SSSR count). The van der Waals surface area contributed by atoms with E-state index < -0.39 is 25.9 Å². The Morgan fingerprint density at radius 3 is 1.17 bits per heavy atom. The van der Waals surface area contributed by atoms with Crippen molar-refractivity contribution in [2.24, 2.45) is 0 Å². The molecule has 0 bridgehead atoms. The van der Waals surface area contributed by atoms with Gasteiger partial charge in [-0.3, -0.25) is 19.2 Å². The third kappa shape index (κ3) is 20.5. The van der Waals surface area contributed by atoms with Crippen LogP contribution < -0.4 is 0 Å². The number of H-pyrrole nitrogens is 3. The van der Waals surface area contributed by atoms with E-state index in [2.05, 4.69) is 113 Å². The number of morpholine rings is 4. The number of pyridine rings is 5. The Kier molecular flexibility index (Phi) is 27.9. The SMILES string of the molecule is Brc1cnc2[nH]ccc2c1.Cc1ccc(S(=O)(=O)n2cc(-c3ccccc3F)c3cc(-c4cccc(C(=O)N5CCOCC5)c4)cnc32)cc1.Cc1ccc(S(=O)(=O)n2cc(I)c3cc(-c4cccc(C(=O)N5CCOCC5)c4)cnc32)cc1.O=C(c1cccc(-c2cnc3[nH]cc(I)c3c2)c1)N1CCOCC1.O=C(c1cccc(-c2cnc3[nH]ccc3c2)c1)N1CCOCC1. The standard InChI is InChI=1S/C31H26FN3O4S.C25H22IN3O4S.C18H16IN3O2.C18H17N3O2.C7H5BrN2/c1-21-9-11-25(12-10-21)40(37,38)35-20-28(26-7-2-3-8-29(26)32)27-18-24(19-33-30(27)35)22-5-4-6-23(17-22)31(36)34-13-15-39-16-14-34;1-17-5-7-21(8-6-17)34(31,32)29-16-23(26)22-14-20(15-27-24(22)29)18-3-2-4-19(13-18)25(30)28-9-11-33-12-10-28;19-16-11-21-17-15(16)9-14(10-20-17)12-2-1-3-13(8-12)18(23)22-4-6-24-7-5-22;22-18(21-6-8-23-9-7-21)15-3-1-2-13(10-15)16-11-14-4-5-19-17(14)20-12-16;8-6-3-5-1-2-9-7(5)10-4-6/h2-12,17-20H,13-16H2,1H3;2-8,13-16H,9-12H2,1H3;1-3,8-11H,4-7H2,(H,20,21);1-5,10-12H,6-9H2,(H,19,20);1-4H,(H,9,10). The number of aryl methyl sites for hydroxylation is 2. The molecule has 0 saturated carbocycles. The highest BCUT2D eigenvalue weighted by atomic mass is 127. The van der Waals surface area contributed by atoms with Crippen molar-refractivity contribution in [3.63, 3.8) is 0 Å². The molecule has 0 atom stereocenters. The molecular weight excluding hydrogens is 1990 g/mol. The van der Waals surface area contributed by atoms with E-state index in [1.807, 2.05) is 158 Å². The number of hydrogen-bond acceptors (Lipinski definition) is 17. The lowest BCUT2D eigenvalue weighted by Crippen LogP contribution is -2.40. The van der Waals surface area contributed by atoms with Crippen LogP contribution in [0.25, 0.3) is 111 Å². The lowest BCUT2D eigenvalue weighted by molar-refractivity contribution is 0.0301. The Hall–Kier alpha value is -12.5. The zero-order chi connectivity index (χ0) is 90.9. The van der Waals surface area contributed by atoms with Gasteiger partial charge in [0.2, 0.25) is 0 Å². The number of carbonyl (C=O) groups is 4. The van der Waals surface area contributed by atoms with E-state index >= 15 is 0 Å². The van der Waals surface area contributed by atoms with E-state index in [9.17, 15) is 40.4 Å². The van der Waals surface area contributed by atoms with Crippen LogP contribution in [0.15, 0.2) is 289 Å². The predicted molar refractivity (Wildman–Crippen MR) is 522 cm³/mol. The van der Waals surface area contributed by atoms with E-state index in [-0.39, 0.29) is 44.6 Å². The van der Waals surface area contributed by atoms with Gasteiger partial charge < -0.3 is 53.5 Å². The summed E-state index contributed by atoms with van der Waals surface area (Å²) < 4.78 is 95.5. The number of amides is 4. The predicted octanol–water partition coefficient (Wildman–Crippen LogP) is 18.2. The minimum atomic E-state index is -4.02. The highest BCUT2D eigenvalue weighted by molar-refractivity contribution is 14.1. The molecule has 4 aliphatic heterocycles. The number of rotatable bonds is 13. The van der Waals surface area contributed by atoms with Gasteiger partial charge in [-0.2, -0.15) is 0 Å². The maximum atomic E-state index is 15.0. The third-order valence-corrected chi connectivity index (χ3v) is 28.2. The highest BCUT2D eigenvalue weighted by Crippen LogP contribution is 2.38. The van der Waals surface area contributed by atoms with Crippen molar-refractivity contribution in [2.75, 3.05) is 105 Å². The molecule has 14 heterocycles. The van der Waals surface area contributed by atoms with E-state index in [1.54, 1.807) is 126 Å². The van der Waals surface area contributed by atoms with Crippen molar-refractivity contribution in [1.82, 2.24) is 67.4 Å². The summed E-state index contributed by atoms with van der Waals surface area (Å²) in [6.45, 7) is 13.2. The normalized spacial score (nSPS) is 14.2. The molecule has 0 unspecified atom stereocenters. The van der Waals surface area contributed by atoms with E-state index in [1.165, 1.54) is 16.2 Å². The van der Waals surface area contributed by atoms with Crippen molar-refractivity contribution in [3.8, 4) is 55.6 Å². The molecule has 26 nitrogen and oxygen atoms in total. The Morgan fingerprint density at radius 1 is 0.366 bits per heavy atom. The van der Waals surface area contributed by atoms with Gasteiger partial charge >= 0.3 is 0 Å². The number of aromatic nitrogens is 10. The van der Waals surface area contributed by atoms with E-state index in [0.29, 0.717) is 150 Å². The second kappa shape index (κ2) is 40.5. The molecule has 17 aromatic rings. The van der Waals surface area contributed by atoms with Gasteiger partial charge in [0.25, 0.3) is 43.7 Å². The molecule has 131 heavy (non-hydrogen) atoms. The zero-order valence-corrected chi connectivity index (χ0v) is 78.5. The first-order valence-corrected chi connectivity index (χ1v) is 48.0. The maximum absolute atomic E-state index is 15.0. The Morgan fingerprint density at radius 2 is 0.733 bits per heavy atom. The van der Waals surface area contributed by atoms with Crippen molar-refractivity contribution in [2.45, 2.75) is 23.6 Å².